The summed E-state index contributed by atoms with van der Waals surface area (Å²) in [5, 5.41) is 11.7. The van der Waals surface area contributed by atoms with Gasteiger partial charge in [0, 0.05) is 11.1 Å². The number of benzene rings is 1. The second-order valence-electron chi connectivity index (χ2n) is 5.79. The Hall–Kier alpha value is -2.80. The topological polar surface area (TPSA) is 88.8 Å². The van der Waals surface area contributed by atoms with Gasteiger partial charge >= 0.3 is 11.9 Å². The van der Waals surface area contributed by atoms with Gasteiger partial charge in [-0.25, -0.2) is 9.59 Å². The molecule has 8 heteroatoms. The summed E-state index contributed by atoms with van der Waals surface area (Å²) in [5.41, 5.74) is -1.12. The molecule has 0 aliphatic carbocycles. The van der Waals surface area contributed by atoms with E-state index in [0.717, 1.165) is 6.20 Å². The highest BCUT2D eigenvalue weighted by Crippen LogP contribution is 2.21. The fourth-order valence-electron chi connectivity index (χ4n) is 1.94. The Bertz CT molecular complexity index is 776. The highest BCUT2D eigenvalue weighted by atomic mass is 35.5. The van der Waals surface area contributed by atoms with Crippen LogP contribution in [0, 0.1) is 5.21 Å². The van der Waals surface area contributed by atoms with Gasteiger partial charge in [0.05, 0.1) is 0 Å². The molecule has 0 N–H and O–H groups in total. The highest BCUT2D eigenvalue weighted by Gasteiger charge is 2.32. The van der Waals surface area contributed by atoms with Crippen LogP contribution in [0.5, 0.6) is 5.75 Å². The standard InChI is InChI=1S/C18H18ClNO6/c1-18(2,26-15-7-5-14(19)6-8-15)17(22)25-11-10-24-16(21)13-4-3-9-20(23)12-13/h3-9,12H,10-11H2,1-2H3. The zero-order valence-electron chi connectivity index (χ0n) is 14.3. The van der Waals surface area contributed by atoms with Crippen molar-refractivity contribution in [1.82, 2.24) is 0 Å². The van der Waals surface area contributed by atoms with Crippen molar-refractivity contribution in [3.63, 3.8) is 0 Å². The lowest BCUT2D eigenvalue weighted by Gasteiger charge is -2.24. The number of pyridine rings is 1. The number of aromatic nitrogens is 1. The summed E-state index contributed by atoms with van der Waals surface area (Å²) < 4.78 is 16.1. The lowest BCUT2D eigenvalue weighted by molar-refractivity contribution is -0.605. The minimum absolute atomic E-state index is 0.111. The van der Waals surface area contributed by atoms with Gasteiger partial charge < -0.3 is 19.4 Å². The van der Waals surface area contributed by atoms with Crippen LogP contribution in [0.3, 0.4) is 0 Å². The first-order chi connectivity index (χ1) is 12.3. The first-order valence-corrected chi connectivity index (χ1v) is 8.13. The van der Waals surface area contributed by atoms with E-state index in [0.29, 0.717) is 15.5 Å². The van der Waals surface area contributed by atoms with Gasteiger partial charge in [0.15, 0.2) is 18.0 Å². The molecule has 2 aromatic rings. The molecule has 1 aromatic heterocycles. The highest BCUT2D eigenvalue weighted by molar-refractivity contribution is 6.30. The van der Waals surface area contributed by atoms with Crippen LogP contribution in [0.4, 0.5) is 0 Å². The van der Waals surface area contributed by atoms with E-state index in [2.05, 4.69) is 0 Å². The van der Waals surface area contributed by atoms with E-state index in [-0.39, 0.29) is 18.8 Å². The maximum Gasteiger partial charge on any atom is 0.350 e. The number of carbonyl (C=O) groups excluding carboxylic acids is 2. The van der Waals surface area contributed by atoms with E-state index in [1.165, 1.54) is 18.3 Å². The van der Waals surface area contributed by atoms with Gasteiger partial charge in [0.25, 0.3) is 0 Å². The molecule has 0 saturated carbocycles. The number of esters is 2. The molecule has 138 valence electrons. The van der Waals surface area contributed by atoms with Crippen LogP contribution in [0.15, 0.2) is 48.8 Å². The van der Waals surface area contributed by atoms with Crippen LogP contribution in [0.2, 0.25) is 5.02 Å². The Morgan fingerprint density at radius 1 is 1.12 bits per heavy atom. The summed E-state index contributed by atoms with van der Waals surface area (Å²) in [4.78, 5) is 23.9. The van der Waals surface area contributed by atoms with Gasteiger partial charge in [-0.2, -0.15) is 4.73 Å². The quantitative estimate of drug-likeness (QED) is 0.318. The molecule has 0 aliphatic rings. The average Bonchev–Trinajstić information content (AvgIpc) is 2.60. The Morgan fingerprint density at radius 3 is 2.42 bits per heavy atom. The molecule has 0 fully saturated rings. The van der Waals surface area contributed by atoms with Gasteiger partial charge in [-0.05, 0) is 44.2 Å². The Labute approximate surface area is 155 Å². The fourth-order valence-corrected chi connectivity index (χ4v) is 2.07. The zero-order valence-corrected chi connectivity index (χ0v) is 15.1. The number of hydrogen-bond acceptors (Lipinski definition) is 6. The van der Waals surface area contributed by atoms with Gasteiger partial charge in [-0.3, -0.25) is 0 Å². The lowest BCUT2D eigenvalue weighted by atomic mass is 10.1. The molecule has 2 rings (SSSR count). The zero-order chi connectivity index (χ0) is 19.2. The van der Waals surface area contributed by atoms with E-state index in [1.54, 1.807) is 38.1 Å². The van der Waals surface area contributed by atoms with Crippen LogP contribution >= 0.6 is 11.6 Å². The SMILES string of the molecule is CC(C)(Oc1ccc(Cl)cc1)C(=O)OCCOC(=O)c1ccc[n+]([O-])c1. The van der Waals surface area contributed by atoms with E-state index in [4.69, 9.17) is 25.8 Å². The molecule has 0 radical (unpaired) electrons. The largest absolute Gasteiger partial charge is 0.619 e. The average molecular weight is 380 g/mol. The van der Waals surface area contributed by atoms with Crippen molar-refractivity contribution in [2.45, 2.75) is 19.4 Å². The number of rotatable bonds is 7. The van der Waals surface area contributed by atoms with E-state index < -0.39 is 17.5 Å². The monoisotopic (exact) mass is 379 g/mol. The first kappa shape index (κ1) is 19.5. The molecule has 1 aromatic carbocycles. The molecule has 1 heterocycles. The van der Waals surface area contributed by atoms with Crippen LogP contribution in [0.25, 0.3) is 0 Å². The van der Waals surface area contributed by atoms with Crippen molar-refractivity contribution in [1.29, 1.82) is 0 Å². The third-order valence-electron chi connectivity index (χ3n) is 3.24. The molecule has 0 unspecified atom stereocenters. The minimum atomic E-state index is -1.23. The van der Waals surface area contributed by atoms with E-state index >= 15 is 0 Å². The second-order valence-corrected chi connectivity index (χ2v) is 6.23. The number of hydrogen-bond donors (Lipinski definition) is 0. The van der Waals surface area contributed by atoms with Crippen molar-refractivity contribution in [3.05, 3.63) is 64.6 Å². The molecule has 26 heavy (non-hydrogen) atoms. The van der Waals surface area contributed by atoms with Crippen molar-refractivity contribution in [3.8, 4) is 5.75 Å². The van der Waals surface area contributed by atoms with E-state index in [9.17, 15) is 14.8 Å². The molecular formula is C18H18ClNO6. The number of halogens is 1. The second kappa shape index (κ2) is 8.53. The summed E-state index contributed by atoms with van der Waals surface area (Å²) in [6, 6.07) is 9.45. The third kappa shape index (κ3) is 5.63. The Morgan fingerprint density at radius 2 is 1.77 bits per heavy atom. The maximum atomic E-state index is 12.1. The summed E-state index contributed by atoms with van der Waals surface area (Å²) in [6.45, 7) is 2.84. The normalized spacial score (nSPS) is 10.9. The van der Waals surface area contributed by atoms with Crippen molar-refractivity contribution in [2.75, 3.05) is 13.2 Å². The van der Waals surface area contributed by atoms with E-state index in [1.807, 2.05) is 0 Å². The maximum absolute atomic E-state index is 12.1. The number of carbonyl (C=O) groups is 2. The van der Waals surface area contributed by atoms with Crippen LogP contribution < -0.4 is 9.47 Å². The van der Waals surface area contributed by atoms with Gasteiger partial charge in [-0.15, -0.1) is 0 Å². The van der Waals surface area contributed by atoms with Crippen LogP contribution in [0.1, 0.15) is 24.2 Å². The predicted molar refractivity (Wildman–Crippen MR) is 92.8 cm³/mol. The van der Waals surface area contributed by atoms with Gasteiger partial charge in [-0.1, -0.05) is 11.6 Å². The van der Waals surface area contributed by atoms with Gasteiger partial charge in [0.1, 0.15) is 24.5 Å². The minimum Gasteiger partial charge on any atom is -0.619 e. The summed E-state index contributed by atoms with van der Waals surface area (Å²) in [5.74, 6) is -0.818. The summed E-state index contributed by atoms with van der Waals surface area (Å²) in [7, 11) is 0. The summed E-state index contributed by atoms with van der Waals surface area (Å²) >= 11 is 5.80. The molecule has 0 saturated heterocycles. The fraction of sp³-hybridized carbons (Fsp3) is 0.278. The van der Waals surface area contributed by atoms with Gasteiger partial charge in [0.2, 0.25) is 0 Å². The number of ether oxygens (including phenoxy) is 3. The number of nitrogens with zero attached hydrogens (tertiary/aromatic N) is 1. The molecular weight excluding hydrogens is 362 g/mol. The van der Waals surface area contributed by atoms with Crippen molar-refractivity contribution in [2.24, 2.45) is 0 Å². The molecule has 7 nitrogen and oxygen atoms in total. The Balaban J connectivity index is 1.78. The lowest BCUT2D eigenvalue weighted by Crippen LogP contribution is -2.40. The molecule has 0 amide bonds. The molecule has 0 spiro atoms. The summed E-state index contributed by atoms with van der Waals surface area (Å²) in [6.07, 6.45) is 2.35. The smallest absolute Gasteiger partial charge is 0.350 e. The molecule has 0 bridgehead atoms. The van der Waals surface area contributed by atoms with Crippen LogP contribution in [-0.2, 0) is 14.3 Å². The molecule has 0 atom stereocenters. The predicted octanol–water partition coefficient (Wildman–Crippen LogP) is 2.53. The third-order valence-corrected chi connectivity index (χ3v) is 3.49. The van der Waals surface area contributed by atoms with Crippen molar-refractivity contribution < 1.29 is 28.5 Å². The Kier molecular flexibility index (Phi) is 6.41. The van der Waals surface area contributed by atoms with Crippen molar-refractivity contribution >= 4 is 23.5 Å². The molecule has 0 aliphatic heterocycles. The first-order valence-electron chi connectivity index (χ1n) is 7.76. The van der Waals surface area contributed by atoms with Crippen LogP contribution in [-0.4, -0.2) is 30.8 Å².